The van der Waals surface area contributed by atoms with Crippen molar-refractivity contribution in [1.29, 1.82) is 0 Å². The minimum absolute atomic E-state index is 0.240. The number of nitrogens with zero attached hydrogens (tertiary/aromatic N) is 1. The molecule has 0 saturated carbocycles. The van der Waals surface area contributed by atoms with E-state index in [4.69, 9.17) is 5.11 Å². The van der Waals surface area contributed by atoms with Crippen molar-refractivity contribution in [2.45, 2.75) is 12.7 Å². The molecule has 1 amide bonds. The molecule has 0 aromatic heterocycles. The van der Waals surface area contributed by atoms with Crippen LogP contribution in [-0.2, 0) is 16.1 Å². The van der Waals surface area contributed by atoms with Gasteiger partial charge in [0, 0.05) is 11.0 Å². The average Bonchev–Trinajstić information content (AvgIpc) is 2.25. The summed E-state index contributed by atoms with van der Waals surface area (Å²) in [5.74, 6) is -3.68. The van der Waals surface area contributed by atoms with Gasteiger partial charge in [-0.2, -0.15) is 13.2 Å². The van der Waals surface area contributed by atoms with Crippen LogP contribution in [0.5, 0.6) is 0 Å². The van der Waals surface area contributed by atoms with Crippen molar-refractivity contribution < 1.29 is 27.9 Å². The van der Waals surface area contributed by atoms with Crippen molar-refractivity contribution in [2.24, 2.45) is 0 Å². The quantitative estimate of drug-likeness (QED) is 0.916. The molecule has 104 valence electrons. The lowest BCUT2D eigenvalue weighted by Crippen LogP contribution is -2.43. The van der Waals surface area contributed by atoms with Gasteiger partial charge in [0.05, 0.1) is 0 Å². The number of carbonyl (C=O) groups is 2. The fourth-order valence-corrected chi connectivity index (χ4v) is 1.84. The number of aliphatic carboxylic acids is 1. The van der Waals surface area contributed by atoms with E-state index in [9.17, 15) is 22.8 Å². The van der Waals surface area contributed by atoms with E-state index in [0.717, 1.165) is 0 Å². The van der Waals surface area contributed by atoms with Crippen molar-refractivity contribution in [3.63, 3.8) is 0 Å². The van der Waals surface area contributed by atoms with Gasteiger partial charge in [-0.1, -0.05) is 28.1 Å². The second kappa shape index (κ2) is 6.05. The second-order valence-corrected chi connectivity index (χ2v) is 4.60. The van der Waals surface area contributed by atoms with Gasteiger partial charge in [-0.05, 0) is 17.7 Å². The van der Waals surface area contributed by atoms with Gasteiger partial charge in [-0.3, -0.25) is 9.59 Å². The normalized spacial score (nSPS) is 11.2. The summed E-state index contributed by atoms with van der Waals surface area (Å²) in [6.07, 6.45) is -5.10. The number of carboxylic acid groups (broad SMARTS) is 1. The number of alkyl halides is 3. The Bertz CT molecular complexity index is 490. The molecule has 8 heteroatoms. The van der Waals surface area contributed by atoms with Crippen molar-refractivity contribution in [3.05, 3.63) is 34.3 Å². The van der Waals surface area contributed by atoms with E-state index in [-0.39, 0.29) is 4.90 Å². The summed E-state index contributed by atoms with van der Waals surface area (Å²) < 4.78 is 37.6. The highest BCUT2D eigenvalue weighted by Gasteiger charge is 2.42. The van der Waals surface area contributed by atoms with Gasteiger partial charge in [-0.15, -0.1) is 0 Å². The SMILES string of the molecule is O=C(O)CN(Cc1cccc(Br)c1)C(=O)C(F)(F)F. The van der Waals surface area contributed by atoms with Crippen LogP contribution in [0.4, 0.5) is 13.2 Å². The second-order valence-electron chi connectivity index (χ2n) is 3.68. The van der Waals surface area contributed by atoms with Crippen LogP contribution in [0.3, 0.4) is 0 Å². The minimum atomic E-state index is -5.10. The van der Waals surface area contributed by atoms with Gasteiger partial charge < -0.3 is 10.0 Å². The van der Waals surface area contributed by atoms with Crippen molar-refractivity contribution in [3.8, 4) is 0 Å². The summed E-state index contributed by atoms with van der Waals surface area (Å²) in [6, 6.07) is 6.26. The molecule has 0 radical (unpaired) electrons. The first-order chi connectivity index (χ1) is 8.70. The number of hydrogen-bond donors (Lipinski definition) is 1. The molecule has 0 unspecified atom stereocenters. The third-order valence-corrected chi connectivity index (χ3v) is 2.61. The summed E-state index contributed by atoms with van der Waals surface area (Å²) in [5.41, 5.74) is 0.397. The van der Waals surface area contributed by atoms with Gasteiger partial charge in [0.2, 0.25) is 0 Å². The Morgan fingerprint density at radius 3 is 2.42 bits per heavy atom. The molecule has 1 rings (SSSR count). The maximum atomic E-state index is 12.3. The molecular weight excluding hydrogens is 331 g/mol. The predicted octanol–water partition coefficient (Wildman–Crippen LogP) is 2.42. The molecule has 1 aromatic rings. The summed E-state index contributed by atoms with van der Waals surface area (Å²) >= 11 is 3.14. The number of amides is 1. The molecule has 0 bridgehead atoms. The molecule has 1 aromatic carbocycles. The van der Waals surface area contributed by atoms with Crippen LogP contribution < -0.4 is 0 Å². The first kappa shape index (κ1) is 15.5. The molecule has 0 aliphatic rings. The largest absolute Gasteiger partial charge is 0.480 e. The van der Waals surface area contributed by atoms with E-state index in [1.54, 1.807) is 12.1 Å². The fraction of sp³-hybridized carbons (Fsp3) is 0.273. The topological polar surface area (TPSA) is 57.6 Å². The zero-order valence-corrected chi connectivity index (χ0v) is 11.0. The van der Waals surface area contributed by atoms with E-state index < -0.39 is 31.1 Å². The molecular formula is C11H9BrF3NO3. The smallest absolute Gasteiger partial charge is 0.471 e. The lowest BCUT2D eigenvalue weighted by Gasteiger charge is -2.22. The van der Waals surface area contributed by atoms with Crippen LogP contribution in [0.1, 0.15) is 5.56 Å². The van der Waals surface area contributed by atoms with E-state index in [2.05, 4.69) is 15.9 Å². The zero-order valence-electron chi connectivity index (χ0n) is 9.45. The lowest BCUT2D eigenvalue weighted by molar-refractivity contribution is -0.187. The van der Waals surface area contributed by atoms with Crippen molar-refractivity contribution in [1.82, 2.24) is 4.90 Å². The van der Waals surface area contributed by atoms with E-state index in [1.807, 2.05) is 0 Å². The van der Waals surface area contributed by atoms with Gasteiger partial charge in [0.15, 0.2) is 0 Å². The van der Waals surface area contributed by atoms with Crippen LogP contribution in [0.25, 0.3) is 0 Å². The summed E-state index contributed by atoms with van der Waals surface area (Å²) in [6.45, 7) is -1.44. The van der Waals surface area contributed by atoms with E-state index >= 15 is 0 Å². The lowest BCUT2D eigenvalue weighted by atomic mass is 10.2. The molecule has 0 atom stereocenters. The highest BCUT2D eigenvalue weighted by Crippen LogP contribution is 2.21. The third kappa shape index (κ3) is 4.90. The first-order valence-corrected chi connectivity index (χ1v) is 5.82. The minimum Gasteiger partial charge on any atom is -0.480 e. The van der Waals surface area contributed by atoms with Crippen LogP contribution in [0.2, 0.25) is 0 Å². The summed E-state index contributed by atoms with van der Waals surface area (Å²) in [5, 5.41) is 8.56. The first-order valence-electron chi connectivity index (χ1n) is 5.02. The van der Waals surface area contributed by atoms with Gasteiger partial charge in [0.1, 0.15) is 6.54 Å². The Morgan fingerprint density at radius 2 is 1.95 bits per heavy atom. The van der Waals surface area contributed by atoms with Crippen LogP contribution in [0.15, 0.2) is 28.7 Å². The summed E-state index contributed by atoms with van der Waals surface area (Å²) in [4.78, 5) is 21.9. The molecule has 0 aliphatic heterocycles. The van der Waals surface area contributed by atoms with E-state index in [1.165, 1.54) is 12.1 Å². The molecule has 4 nitrogen and oxygen atoms in total. The number of carbonyl (C=O) groups excluding carboxylic acids is 1. The number of rotatable bonds is 4. The Balaban J connectivity index is 2.92. The molecule has 0 aliphatic carbocycles. The number of hydrogen-bond acceptors (Lipinski definition) is 2. The maximum Gasteiger partial charge on any atom is 0.471 e. The molecule has 0 heterocycles. The maximum absolute atomic E-state index is 12.3. The van der Waals surface area contributed by atoms with Crippen molar-refractivity contribution in [2.75, 3.05) is 6.54 Å². The van der Waals surface area contributed by atoms with Crippen LogP contribution >= 0.6 is 15.9 Å². The Morgan fingerprint density at radius 1 is 1.32 bits per heavy atom. The average molecular weight is 340 g/mol. The highest BCUT2D eigenvalue weighted by molar-refractivity contribution is 9.10. The number of halogens is 4. The molecule has 1 N–H and O–H groups in total. The molecule has 0 spiro atoms. The predicted molar refractivity (Wildman–Crippen MR) is 63.2 cm³/mol. The van der Waals surface area contributed by atoms with Crippen molar-refractivity contribution >= 4 is 27.8 Å². The highest BCUT2D eigenvalue weighted by atomic mass is 79.9. The van der Waals surface area contributed by atoms with Crippen LogP contribution in [-0.4, -0.2) is 34.6 Å². The molecule has 0 saturated heterocycles. The Labute approximate surface area is 114 Å². The Hall–Kier alpha value is -1.57. The van der Waals surface area contributed by atoms with Gasteiger partial charge in [0.25, 0.3) is 0 Å². The van der Waals surface area contributed by atoms with E-state index in [0.29, 0.717) is 10.0 Å². The number of carboxylic acids is 1. The monoisotopic (exact) mass is 339 g/mol. The molecule has 19 heavy (non-hydrogen) atoms. The zero-order chi connectivity index (χ0) is 14.6. The number of benzene rings is 1. The summed E-state index contributed by atoms with van der Waals surface area (Å²) in [7, 11) is 0. The third-order valence-electron chi connectivity index (χ3n) is 2.12. The van der Waals surface area contributed by atoms with Gasteiger partial charge >= 0.3 is 18.1 Å². The molecule has 0 fully saturated rings. The fourth-order valence-electron chi connectivity index (χ4n) is 1.40. The van der Waals surface area contributed by atoms with Crippen LogP contribution in [0, 0.1) is 0 Å². The Kier molecular flexibility index (Phi) is 4.93. The van der Waals surface area contributed by atoms with Gasteiger partial charge in [-0.25, -0.2) is 0 Å². The standard InChI is InChI=1S/C11H9BrF3NO3/c12-8-3-1-2-7(4-8)5-16(6-9(17)18)10(19)11(13,14)15/h1-4H,5-6H2,(H,17,18).